The van der Waals surface area contributed by atoms with Crippen molar-refractivity contribution in [2.24, 2.45) is 0 Å². The Bertz CT molecular complexity index is 603. The predicted octanol–water partition coefficient (Wildman–Crippen LogP) is 5.77. The molecular formula is C21H26O. The third-order valence-electron chi connectivity index (χ3n) is 3.69. The van der Waals surface area contributed by atoms with Crippen LogP contribution in [0.25, 0.3) is 0 Å². The van der Waals surface area contributed by atoms with Gasteiger partial charge >= 0.3 is 0 Å². The second kappa shape index (κ2) is 6.83. The van der Waals surface area contributed by atoms with Crippen LogP contribution < -0.4 is 4.74 Å². The van der Waals surface area contributed by atoms with Crippen LogP contribution in [0.3, 0.4) is 0 Å². The van der Waals surface area contributed by atoms with Gasteiger partial charge in [-0.15, -0.1) is 0 Å². The molecule has 1 nitrogen and oxygen atoms in total. The SMILES string of the molecule is C=C(Cc1ccccc1)C(C)c1ccc(OC(C)(C)C)cc1. The summed E-state index contributed by atoms with van der Waals surface area (Å²) in [6.45, 7) is 12.7. The van der Waals surface area contributed by atoms with Crippen molar-refractivity contribution in [3.63, 3.8) is 0 Å². The summed E-state index contributed by atoms with van der Waals surface area (Å²) in [5.74, 6) is 1.25. The molecule has 0 fully saturated rings. The van der Waals surface area contributed by atoms with Crippen molar-refractivity contribution in [2.45, 2.75) is 45.6 Å². The van der Waals surface area contributed by atoms with Gasteiger partial charge in [0.15, 0.2) is 0 Å². The third kappa shape index (κ3) is 4.77. The minimum atomic E-state index is -0.163. The van der Waals surface area contributed by atoms with Gasteiger partial charge < -0.3 is 4.74 Å². The molecule has 2 rings (SSSR count). The van der Waals surface area contributed by atoms with Crippen LogP contribution >= 0.6 is 0 Å². The van der Waals surface area contributed by atoms with E-state index in [4.69, 9.17) is 4.74 Å². The molecule has 0 saturated heterocycles. The maximum atomic E-state index is 5.87. The summed E-state index contributed by atoms with van der Waals surface area (Å²) in [6.07, 6.45) is 0.919. The lowest BCUT2D eigenvalue weighted by atomic mass is 9.90. The maximum absolute atomic E-state index is 5.87. The van der Waals surface area contributed by atoms with Crippen LogP contribution in [0.5, 0.6) is 5.75 Å². The van der Waals surface area contributed by atoms with E-state index >= 15 is 0 Å². The molecule has 0 N–H and O–H groups in total. The monoisotopic (exact) mass is 294 g/mol. The zero-order valence-corrected chi connectivity index (χ0v) is 14.1. The Morgan fingerprint density at radius 2 is 1.59 bits per heavy atom. The quantitative estimate of drug-likeness (QED) is 0.636. The number of hydrogen-bond acceptors (Lipinski definition) is 1. The maximum Gasteiger partial charge on any atom is 0.120 e. The van der Waals surface area contributed by atoms with Crippen LogP contribution in [-0.2, 0) is 6.42 Å². The van der Waals surface area contributed by atoms with E-state index in [0.29, 0.717) is 5.92 Å². The van der Waals surface area contributed by atoms with E-state index in [1.165, 1.54) is 16.7 Å². The van der Waals surface area contributed by atoms with E-state index in [1.807, 2.05) is 18.2 Å². The van der Waals surface area contributed by atoms with E-state index in [-0.39, 0.29) is 5.60 Å². The number of allylic oxidation sites excluding steroid dienone is 1. The molecule has 1 atom stereocenters. The van der Waals surface area contributed by atoms with Crippen molar-refractivity contribution in [3.8, 4) is 5.75 Å². The molecule has 0 spiro atoms. The van der Waals surface area contributed by atoms with Gasteiger partial charge in [-0.1, -0.05) is 61.5 Å². The Hall–Kier alpha value is -2.02. The first-order valence-corrected chi connectivity index (χ1v) is 7.86. The van der Waals surface area contributed by atoms with Gasteiger partial charge in [0.2, 0.25) is 0 Å². The first-order valence-electron chi connectivity index (χ1n) is 7.86. The zero-order chi connectivity index (χ0) is 16.2. The van der Waals surface area contributed by atoms with E-state index in [1.54, 1.807) is 0 Å². The predicted molar refractivity (Wildman–Crippen MR) is 94.5 cm³/mol. The van der Waals surface area contributed by atoms with Crippen molar-refractivity contribution in [1.82, 2.24) is 0 Å². The standard InChI is InChI=1S/C21H26O/c1-16(15-18-9-7-6-8-10-18)17(2)19-11-13-20(14-12-19)22-21(3,4)5/h6-14,17H,1,15H2,2-5H3. The number of hydrogen-bond donors (Lipinski definition) is 0. The van der Waals surface area contributed by atoms with E-state index in [9.17, 15) is 0 Å². The van der Waals surface area contributed by atoms with Crippen LogP contribution in [0.4, 0.5) is 0 Å². The minimum absolute atomic E-state index is 0.163. The molecule has 0 aliphatic carbocycles. The van der Waals surface area contributed by atoms with Crippen LogP contribution in [0, 0.1) is 0 Å². The van der Waals surface area contributed by atoms with Gasteiger partial charge in [-0.3, -0.25) is 0 Å². The normalized spacial score (nSPS) is 12.7. The van der Waals surface area contributed by atoms with E-state index in [0.717, 1.165) is 12.2 Å². The summed E-state index contributed by atoms with van der Waals surface area (Å²) < 4.78 is 5.87. The summed E-state index contributed by atoms with van der Waals surface area (Å²) >= 11 is 0. The van der Waals surface area contributed by atoms with Gasteiger partial charge in [-0.2, -0.15) is 0 Å². The molecule has 116 valence electrons. The van der Waals surface area contributed by atoms with Gasteiger partial charge in [0.25, 0.3) is 0 Å². The molecule has 22 heavy (non-hydrogen) atoms. The van der Waals surface area contributed by atoms with Gasteiger partial charge in [0, 0.05) is 5.92 Å². The van der Waals surface area contributed by atoms with Crippen LogP contribution in [0.1, 0.15) is 44.7 Å². The molecule has 0 heterocycles. The average Bonchev–Trinajstić information content (AvgIpc) is 2.46. The van der Waals surface area contributed by atoms with Gasteiger partial charge in [-0.05, 0) is 50.5 Å². The molecule has 0 saturated carbocycles. The minimum Gasteiger partial charge on any atom is -0.488 e. The fourth-order valence-electron chi connectivity index (χ4n) is 2.42. The highest BCUT2D eigenvalue weighted by Gasteiger charge is 2.13. The van der Waals surface area contributed by atoms with Gasteiger partial charge in [0.1, 0.15) is 11.4 Å². The Morgan fingerprint density at radius 1 is 1.00 bits per heavy atom. The highest BCUT2D eigenvalue weighted by molar-refractivity contribution is 5.35. The number of rotatable bonds is 5. The Kier molecular flexibility index (Phi) is 5.07. The first kappa shape index (κ1) is 16.4. The van der Waals surface area contributed by atoms with E-state index in [2.05, 4.69) is 70.7 Å². The lowest BCUT2D eigenvalue weighted by Gasteiger charge is -2.22. The van der Waals surface area contributed by atoms with Crippen molar-refractivity contribution in [1.29, 1.82) is 0 Å². The molecule has 2 aromatic rings. The highest BCUT2D eigenvalue weighted by Crippen LogP contribution is 2.27. The fraction of sp³-hybridized carbons (Fsp3) is 0.333. The van der Waals surface area contributed by atoms with Crippen molar-refractivity contribution >= 4 is 0 Å². The molecule has 2 aromatic carbocycles. The zero-order valence-electron chi connectivity index (χ0n) is 14.1. The third-order valence-corrected chi connectivity index (χ3v) is 3.69. The smallest absolute Gasteiger partial charge is 0.120 e. The summed E-state index contributed by atoms with van der Waals surface area (Å²) in [4.78, 5) is 0. The van der Waals surface area contributed by atoms with Crippen molar-refractivity contribution in [2.75, 3.05) is 0 Å². The average molecular weight is 294 g/mol. The van der Waals surface area contributed by atoms with Crippen LogP contribution in [-0.4, -0.2) is 5.60 Å². The molecule has 0 radical (unpaired) electrons. The Labute approximate surface area is 134 Å². The number of ether oxygens (including phenoxy) is 1. The lowest BCUT2D eigenvalue weighted by Crippen LogP contribution is -2.22. The van der Waals surface area contributed by atoms with Gasteiger partial charge in [0.05, 0.1) is 0 Å². The second-order valence-corrected chi connectivity index (χ2v) is 6.83. The summed E-state index contributed by atoms with van der Waals surface area (Å²) in [7, 11) is 0. The second-order valence-electron chi connectivity index (χ2n) is 6.83. The summed E-state index contributed by atoms with van der Waals surface area (Å²) in [5.41, 5.74) is 3.66. The number of benzene rings is 2. The molecule has 1 heteroatoms. The highest BCUT2D eigenvalue weighted by atomic mass is 16.5. The van der Waals surface area contributed by atoms with Crippen molar-refractivity contribution in [3.05, 3.63) is 77.9 Å². The van der Waals surface area contributed by atoms with Crippen LogP contribution in [0.15, 0.2) is 66.7 Å². The molecule has 0 bridgehead atoms. The van der Waals surface area contributed by atoms with Gasteiger partial charge in [-0.25, -0.2) is 0 Å². The summed E-state index contributed by atoms with van der Waals surface area (Å²) in [5, 5.41) is 0. The molecular weight excluding hydrogens is 268 g/mol. The topological polar surface area (TPSA) is 9.23 Å². The fourth-order valence-corrected chi connectivity index (χ4v) is 2.42. The molecule has 1 unspecified atom stereocenters. The Balaban J connectivity index is 2.03. The van der Waals surface area contributed by atoms with Crippen LogP contribution in [0.2, 0.25) is 0 Å². The van der Waals surface area contributed by atoms with Crippen molar-refractivity contribution < 1.29 is 4.74 Å². The molecule has 0 aliphatic heterocycles. The largest absolute Gasteiger partial charge is 0.488 e. The lowest BCUT2D eigenvalue weighted by molar-refractivity contribution is 0.131. The first-order chi connectivity index (χ1) is 10.3. The molecule has 0 aromatic heterocycles. The Morgan fingerprint density at radius 3 is 2.14 bits per heavy atom. The summed E-state index contributed by atoms with van der Waals surface area (Å²) in [6, 6.07) is 18.9. The molecule has 0 amide bonds. The molecule has 0 aliphatic rings. The van der Waals surface area contributed by atoms with E-state index < -0.39 is 0 Å².